The van der Waals surface area contributed by atoms with Gasteiger partial charge in [-0.3, -0.25) is 9.78 Å². The van der Waals surface area contributed by atoms with Crippen molar-refractivity contribution in [3.05, 3.63) is 99.1 Å². The van der Waals surface area contributed by atoms with Crippen molar-refractivity contribution in [2.45, 2.75) is 89.9 Å². The minimum atomic E-state index is -0.324. The number of rotatable bonds is 8. The quantitative estimate of drug-likeness (QED) is 0.285. The molecule has 0 radical (unpaired) electrons. The van der Waals surface area contributed by atoms with Crippen molar-refractivity contribution in [2.75, 3.05) is 0 Å². The van der Waals surface area contributed by atoms with Crippen LogP contribution >= 0.6 is 11.6 Å². The van der Waals surface area contributed by atoms with E-state index in [2.05, 4.69) is 13.0 Å². The normalized spacial score (nSPS) is 15.8. The molecule has 1 unspecified atom stereocenters. The molecule has 2 nitrogen and oxygen atoms in total. The Hall–Kier alpha value is -2.52. The maximum Gasteiger partial charge on any atom is 0.170 e. The molecule has 4 heteroatoms. The van der Waals surface area contributed by atoms with Crippen molar-refractivity contribution >= 4 is 17.4 Å². The number of aryl methyl sites for hydroxylation is 3. The van der Waals surface area contributed by atoms with Gasteiger partial charge >= 0.3 is 0 Å². The minimum Gasteiger partial charge on any atom is -0.293 e. The Morgan fingerprint density at radius 1 is 0.972 bits per heavy atom. The molecule has 1 aromatic heterocycles. The molecular weight excluding hydrogens is 469 g/mol. The monoisotopic (exact) mass is 505 g/mol. The van der Waals surface area contributed by atoms with Crippen LogP contribution in [0.15, 0.2) is 54.7 Å². The van der Waals surface area contributed by atoms with Gasteiger partial charge in [-0.1, -0.05) is 55.8 Å². The lowest BCUT2D eigenvalue weighted by molar-refractivity contribution is 0.0953. The maximum absolute atomic E-state index is 13.8. The number of carbonyl (C=O) groups excluding carboxylic acids is 1. The fourth-order valence-electron chi connectivity index (χ4n) is 5.72. The fourth-order valence-corrected chi connectivity index (χ4v) is 5.85. The fraction of sp³-hybridized carbons (Fsp3) is 0.438. The lowest BCUT2D eigenvalue weighted by atomic mass is 9.84. The molecule has 1 atom stereocenters. The highest BCUT2D eigenvalue weighted by Crippen LogP contribution is 2.33. The predicted molar refractivity (Wildman–Crippen MR) is 147 cm³/mol. The average molecular weight is 506 g/mol. The number of pyridine rings is 1. The van der Waals surface area contributed by atoms with E-state index in [0.717, 1.165) is 24.0 Å². The molecule has 36 heavy (non-hydrogen) atoms. The highest BCUT2D eigenvalue weighted by molar-refractivity contribution is 6.30. The highest BCUT2D eigenvalue weighted by Gasteiger charge is 2.24. The molecule has 0 bridgehead atoms. The van der Waals surface area contributed by atoms with Crippen LogP contribution in [0.5, 0.6) is 0 Å². The smallest absolute Gasteiger partial charge is 0.170 e. The molecule has 2 aromatic carbocycles. The number of ketones is 1. The Morgan fingerprint density at radius 2 is 1.67 bits per heavy atom. The first kappa shape index (κ1) is 26.5. The number of hydrogen-bond acceptors (Lipinski definition) is 2. The molecule has 0 spiro atoms. The number of nitrogens with zero attached hydrogens (tertiary/aromatic N) is 1. The van der Waals surface area contributed by atoms with Gasteiger partial charge in [0.05, 0.1) is 0 Å². The summed E-state index contributed by atoms with van der Waals surface area (Å²) in [5.74, 6) is 0.0346. The summed E-state index contributed by atoms with van der Waals surface area (Å²) in [6.07, 6.45) is 13.6. The zero-order valence-electron chi connectivity index (χ0n) is 21.5. The highest BCUT2D eigenvalue weighted by atomic mass is 35.5. The van der Waals surface area contributed by atoms with Gasteiger partial charge in [-0.05, 0) is 105 Å². The first-order valence-corrected chi connectivity index (χ1v) is 13.8. The van der Waals surface area contributed by atoms with E-state index in [1.165, 1.54) is 73.9 Å². The Kier molecular flexibility index (Phi) is 9.31. The molecule has 0 amide bonds. The first-order chi connectivity index (χ1) is 17.4. The van der Waals surface area contributed by atoms with Crippen LogP contribution in [0.1, 0.15) is 108 Å². The first-order valence-electron chi connectivity index (χ1n) is 13.4. The van der Waals surface area contributed by atoms with Crippen LogP contribution in [-0.4, -0.2) is 10.8 Å². The molecular formula is C32H37ClFNO. The zero-order chi connectivity index (χ0) is 25.5. The second kappa shape index (κ2) is 12.6. The van der Waals surface area contributed by atoms with Gasteiger partial charge in [0, 0.05) is 34.3 Å². The zero-order valence-corrected chi connectivity index (χ0v) is 22.3. The summed E-state index contributed by atoms with van der Waals surface area (Å²) in [5.41, 5.74) is 6.12. The largest absolute Gasteiger partial charge is 0.293 e. The Morgan fingerprint density at radius 3 is 2.33 bits per heavy atom. The lowest BCUT2D eigenvalue weighted by Gasteiger charge is -2.21. The SMILES string of the molecule is Cc1cc(F)ccc1C(CCCc1cnc(C2CCCCCCC2)c(C)c1)C(=O)c1ccc(Cl)cc1. The van der Waals surface area contributed by atoms with E-state index < -0.39 is 0 Å². The Balaban J connectivity index is 1.47. The van der Waals surface area contributed by atoms with Crippen LogP contribution in [0.4, 0.5) is 4.39 Å². The van der Waals surface area contributed by atoms with E-state index in [4.69, 9.17) is 16.6 Å². The Labute approximate surface area is 220 Å². The molecule has 3 aromatic rings. The lowest BCUT2D eigenvalue weighted by Crippen LogP contribution is -2.15. The van der Waals surface area contributed by atoms with E-state index in [1.54, 1.807) is 30.3 Å². The van der Waals surface area contributed by atoms with Crippen molar-refractivity contribution in [3.63, 3.8) is 0 Å². The summed E-state index contributed by atoms with van der Waals surface area (Å²) in [5, 5.41) is 0.604. The third-order valence-corrected chi connectivity index (χ3v) is 7.93. The van der Waals surface area contributed by atoms with Crippen LogP contribution < -0.4 is 0 Å². The summed E-state index contributed by atoms with van der Waals surface area (Å²) in [4.78, 5) is 18.4. The van der Waals surface area contributed by atoms with Gasteiger partial charge in [-0.15, -0.1) is 0 Å². The summed E-state index contributed by atoms with van der Waals surface area (Å²) in [7, 11) is 0. The summed E-state index contributed by atoms with van der Waals surface area (Å²) < 4.78 is 13.8. The molecule has 1 aliphatic rings. The third-order valence-electron chi connectivity index (χ3n) is 7.68. The van der Waals surface area contributed by atoms with Crippen molar-refractivity contribution in [3.8, 4) is 0 Å². The van der Waals surface area contributed by atoms with Crippen molar-refractivity contribution in [1.29, 1.82) is 0 Å². The summed E-state index contributed by atoms with van der Waals surface area (Å²) in [6, 6.07) is 14.1. The summed E-state index contributed by atoms with van der Waals surface area (Å²) >= 11 is 6.04. The van der Waals surface area contributed by atoms with Crippen LogP contribution in [0.3, 0.4) is 0 Å². The molecule has 1 saturated carbocycles. The molecule has 4 rings (SSSR count). The van der Waals surface area contributed by atoms with Crippen molar-refractivity contribution in [2.24, 2.45) is 0 Å². The van der Waals surface area contributed by atoms with E-state index >= 15 is 0 Å². The average Bonchev–Trinajstić information content (AvgIpc) is 2.83. The number of aromatic nitrogens is 1. The Bertz CT molecular complexity index is 1170. The molecule has 0 aliphatic heterocycles. The second-order valence-corrected chi connectivity index (χ2v) is 10.8. The van der Waals surface area contributed by atoms with Gasteiger partial charge in [0.25, 0.3) is 0 Å². The maximum atomic E-state index is 13.8. The van der Waals surface area contributed by atoms with E-state index in [9.17, 15) is 9.18 Å². The van der Waals surface area contributed by atoms with E-state index in [0.29, 0.717) is 22.9 Å². The second-order valence-electron chi connectivity index (χ2n) is 10.4. The molecule has 0 N–H and O–H groups in total. The van der Waals surface area contributed by atoms with E-state index in [-0.39, 0.29) is 17.5 Å². The topological polar surface area (TPSA) is 30.0 Å². The van der Waals surface area contributed by atoms with Gasteiger partial charge in [0.15, 0.2) is 5.78 Å². The van der Waals surface area contributed by atoms with Gasteiger partial charge < -0.3 is 0 Å². The minimum absolute atomic E-state index is 0.0512. The standard InChI is InChI=1S/C32H37ClFNO/c1-22-20-28(34)17-18-29(22)30(32(36)26-13-15-27(33)16-14-26)12-8-9-24-19-23(2)31(35-21-24)25-10-6-4-3-5-7-11-25/h13-21,25,30H,3-12H2,1-2H3. The van der Waals surface area contributed by atoms with Gasteiger partial charge in [-0.2, -0.15) is 0 Å². The molecule has 0 saturated heterocycles. The summed E-state index contributed by atoms with van der Waals surface area (Å²) in [6.45, 7) is 4.07. The number of Topliss-reactive ketones (excluding diaryl/α,β-unsaturated/α-hetero) is 1. The van der Waals surface area contributed by atoms with Gasteiger partial charge in [-0.25, -0.2) is 4.39 Å². The van der Waals surface area contributed by atoms with Crippen molar-refractivity contribution in [1.82, 2.24) is 4.98 Å². The molecule has 190 valence electrons. The van der Waals surface area contributed by atoms with Crippen molar-refractivity contribution < 1.29 is 9.18 Å². The van der Waals surface area contributed by atoms with E-state index in [1.807, 2.05) is 13.1 Å². The number of hydrogen-bond donors (Lipinski definition) is 0. The molecule has 1 fully saturated rings. The van der Waals surface area contributed by atoms with Crippen LogP contribution in [-0.2, 0) is 6.42 Å². The van der Waals surface area contributed by atoms with Crippen LogP contribution in [0.25, 0.3) is 0 Å². The van der Waals surface area contributed by atoms with Crippen LogP contribution in [0, 0.1) is 19.7 Å². The molecule has 1 aliphatic carbocycles. The van der Waals surface area contributed by atoms with Crippen LogP contribution in [0.2, 0.25) is 5.02 Å². The third kappa shape index (κ3) is 6.82. The molecule has 1 heterocycles. The predicted octanol–water partition coefficient (Wildman–Crippen LogP) is 9.31. The number of halogens is 2. The van der Waals surface area contributed by atoms with Gasteiger partial charge in [0.2, 0.25) is 0 Å². The number of carbonyl (C=O) groups is 1. The number of benzene rings is 2. The van der Waals surface area contributed by atoms with Gasteiger partial charge in [0.1, 0.15) is 5.82 Å².